The van der Waals surface area contributed by atoms with Crippen molar-refractivity contribution in [2.45, 2.75) is 13.5 Å². The summed E-state index contributed by atoms with van der Waals surface area (Å²) >= 11 is 3.20. The molecule has 0 spiro atoms. The molecular weight excluding hydrogens is 319 g/mol. The maximum absolute atomic E-state index is 13.8. The predicted octanol–water partition coefficient (Wildman–Crippen LogP) is 4.79. The molecule has 1 N–H and O–H groups in total. The van der Waals surface area contributed by atoms with Gasteiger partial charge in [-0.15, -0.1) is 0 Å². The molecule has 0 aliphatic carbocycles. The average molecular weight is 330 g/mol. The Morgan fingerprint density at radius 1 is 1.11 bits per heavy atom. The first-order valence-electron chi connectivity index (χ1n) is 5.61. The molecule has 0 fully saturated rings. The van der Waals surface area contributed by atoms with Gasteiger partial charge in [0.05, 0.1) is 0 Å². The predicted molar refractivity (Wildman–Crippen MR) is 72.5 cm³/mol. The highest BCUT2D eigenvalue weighted by Crippen LogP contribution is 2.24. The van der Waals surface area contributed by atoms with E-state index in [0.717, 1.165) is 0 Å². The van der Waals surface area contributed by atoms with E-state index in [0.29, 0.717) is 15.6 Å². The molecule has 0 aromatic heterocycles. The molecule has 19 heavy (non-hydrogen) atoms. The van der Waals surface area contributed by atoms with E-state index < -0.39 is 11.6 Å². The van der Waals surface area contributed by atoms with E-state index in [1.165, 1.54) is 24.3 Å². The van der Waals surface area contributed by atoms with Gasteiger partial charge in [0.25, 0.3) is 0 Å². The Hall–Kier alpha value is -1.49. The number of rotatable bonds is 3. The van der Waals surface area contributed by atoms with Crippen LogP contribution in [0.4, 0.5) is 18.9 Å². The first-order valence-corrected chi connectivity index (χ1v) is 6.40. The molecule has 0 saturated carbocycles. The van der Waals surface area contributed by atoms with Gasteiger partial charge in [-0.25, -0.2) is 13.2 Å². The lowest BCUT2D eigenvalue weighted by Crippen LogP contribution is -2.05. The normalized spacial score (nSPS) is 10.6. The summed E-state index contributed by atoms with van der Waals surface area (Å²) in [4.78, 5) is 0. The van der Waals surface area contributed by atoms with Crippen molar-refractivity contribution in [2.75, 3.05) is 5.32 Å². The van der Waals surface area contributed by atoms with Crippen LogP contribution < -0.4 is 5.32 Å². The van der Waals surface area contributed by atoms with Crippen molar-refractivity contribution in [3.8, 4) is 0 Å². The first kappa shape index (κ1) is 13.9. The number of aryl methyl sites for hydroxylation is 1. The summed E-state index contributed by atoms with van der Waals surface area (Å²) in [6.45, 7) is 1.76. The van der Waals surface area contributed by atoms with Gasteiger partial charge in [-0.2, -0.15) is 0 Å². The quantitative estimate of drug-likeness (QED) is 0.853. The molecule has 0 unspecified atom stereocenters. The van der Waals surface area contributed by atoms with E-state index in [-0.39, 0.29) is 18.0 Å². The third kappa shape index (κ3) is 3.10. The van der Waals surface area contributed by atoms with Crippen molar-refractivity contribution >= 4 is 21.6 Å². The summed E-state index contributed by atoms with van der Waals surface area (Å²) in [5.74, 6) is -1.64. The fourth-order valence-corrected chi connectivity index (χ4v) is 2.16. The molecule has 2 aromatic rings. The highest BCUT2D eigenvalue weighted by Gasteiger charge is 2.11. The van der Waals surface area contributed by atoms with Crippen LogP contribution in [-0.4, -0.2) is 0 Å². The van der Waals surface area contributed by atoms with Gasteiger partial charge >= 0.3 is 0 Å². The molecule has 0 radical (unpaired) electrons. The number of hydrogen-bond acceptors (Lipinski definition) is 1. The third-order valence-electron chi connectivity index (χ3n) is 2.75. The van der Waals surface area contributed by atoms with Crippen LogP contribution in [0.25, 0.3) is 0 Å². The van der Waals surface area contributed by atoms with Gasteiger partial charge in [0, 0.05) is 11.0 Å². The van der Waals surface area contributed by atoms with E-state index in [2.05, 4.69) is 21.2 Å². The molecule has 0 saturated heterocycles. The van der Waals surface area contributed by atoms with Gasteiger partial charge in [-0.05, 0) is 36.2 Å². The molecule has 0 aliphatic rings. The molecule has 1 nitrogen and oxygen atoms in total. The molecule has 0 atom stereocenters. The SMILES string of the molecule is Cc1ccc(F)c(NCc2ccc(F)cc2Br)c1F. The van der Waals surface area contributed by atoms with Crippen LogP contribution in [0.3, 0.4) is 0 Å². The maximum atomic E-state index is 13.8. The van der Waals surface area contributed by atoms with Crippen LogP contribution in [0.2, 0.25) is 0 Å². The van der Waals surface area contributed by atoms with Crippen LogP contribution in [0.1, 0.15) is 11.1 Å². The minimum atomic E-state index is -0.652. The third-order valence-corrected chi connectivity index (χ3v) is 3.49. The monoisotopic (exact) mass is 329 g/mol. The average Bonchev–Trinajstić information content (AvgIpc) is 2.36. The van der Waals surface area contributed by atoms with Crippen molar-refractivity contribution in [3.05, 3.63) is 63.4 Å². The summed E-state index contributed by atoms with van der Waals surface area (Å²) in [7, 11) is 0. The Kier molecular flexibility index (Phi) is 4.14. The van der Waals surface area contributed by atoms with Crippen LogP contribution >= 0.6 is 15.9 Å². The zero-order valence-electron chi connectivity index (χ0n) is 10.1. The van der Waals surface area contributed by atoms with Crippen LogP contribution in [0.15, 0.2) is 34.8 Å². The Balaban J connectivity index is 2.21. The Labute approximate surface area is 117 Å². The second kappa shape index (κ2) is 5.65. The topological polar surface area (TPSA) is 12.0 Å². The zero-order valence-corrected chi connectivity index (χ0v) is 11.7. The Morgan fingerprint density at radius 3 is 2.53 bits per heavy atom. The molecular formula is C14H11BrF3N. The highest BCUT2D eigenvalue weighted by molar-refractivity contribution is 9.10. The number of hydrogen-bond donors (Lipinski definition) is 1. The second-order valence-electron chi connectivity index (χ2n) is 4.14. The van der Waals surface area contributed by atoms with Crippen molar-refractivity contribution < 1.29 is 13.2 Å². The standard InChI is InChI=1S/C14H11BrF3N/c1-8-2-5-12(17)14(13(8)18)19-7-9-3-4-10(16)6-11(9)15/h2-6,19H,7H2,1H3. The van der Waals surface area contributed by atoms with E-state index in [9.17, 15) is 13.2 Å². The Morgan fingerprint density at radius 2 is 1.84 bits per heavy atom. The minimum absolute atomic E-state index is 0.170. The van der Waals surface area contributed by atoms with Gasteiger partial charge in [0.2, 0.25) is 0 Å². The summed E-state index contributed by atoms with van der Waals surface area (Å²) < 4.78 is 40.8. The van der Waals surface area contributed by atoms with Gasteiger partial charge < -0.3 is 5.32 Å². The lowest BCUT2D eigenvalue weighted by atomic mass is 10.1. The maximum Gasteiger partial charge on any atom is 0.152 e. The summed E-state index contributed by atoms with van der Waals surface area (Å²) in [6.07, 6.45) is 0. The number of benzene rings is 2. The van der Waals surface area contributed by atoms with E-state index in [1.54, 1.807) is 13.0 Å². The number of anilines is 1. The van der Waals surface area contributed by atoms with Gasteiger partial charge in [-0.1, -0.05) is 28.1 Å². The molecule has 5 heteroatoms. The van der Waals surface area contributed by atoms with E-state index in [4.69, 9.17) is 0 Å². The summed E-state index contributed by atoms with van der Waals surface area (Å²) in [5.41, 5.74) is 0.903. The van der Waals surface area contributed by atoms with Crippen molar-refractivity contribution in [1.29, 1.82) is 0 Å². The second-order valence-corrected chi connectivity index (χ2v) is 5.00. The summed E-state index contributed by atoms with van der Waals surface area (Å²) in [6, 6.07) is 6.74. The smallest absolute Gasteiger partial charge is 0.152 e. The molecule has 0 heterocycles. The highest BCUT2D eigenvalue weighted by atomic mass is 79.9. The number of halogens is 4. The lowest BCUT2D eigenvalue weighted by Gasteiger charge is -2.11. The van der Waals surface area contributed by atoms with E-state index >= 15 is 0 Å². The van der Waals surface area contributed by atoms with Crippen LogP contribution in [0, 0.1) is 24.4 Å². The van der Waals surface area contributed by atoms with Crippen molar-refractivity contribution in [2.24, 2.45) is 0 Å². The summed E-state index contributed by atoms with van der Waals surface area (Å²) in [5, 5.41) is 2.70. The minimum Gasteiger partial charge on any atom is -0.376 e. The molecule has 0 aliphatic heterocycles. The fraction of sp³-hybridized carbons (Fsp3) is 0.143. The molecule has 0 bridgehead atoms. The fourth-order valence-electron chi connectivity index (χ4n) is 1.67. The molecule has 100 valence electrons. The van der Waals surface area contributed by atoms with Gasteiger partial charge in [-0.3, -0.25) is 0 Å². The van der Waals surface area contributed by atoms with Gasteiger partial charge in [0.15, 0.2) is 5.82 Å². The molecule has 2 aromatic carbocycles. The lowest BCUT2D eigenvalue weighted by molar-refractivity contribution is 0.582. The molecule has 2 rings (SSSR count). The molecule has 0 amide bonds. The van der Waals surface area contributed by atoms with Crippen molar-refractivity contribution in [3.63, 3.8) is 0 Å². The largest absolute Gasteiger partial charge is 0.376 e. The zero-order chi connectivity index (χ0) is 14.0. The van der Waals surface area contributed by atoms with Crippen LogP contribution in [-0.2, 0) is 6.54 Å². The van der Waals surface area contributed by atoms with Crippen LogP contribution in [0.5, 0.6) is 0 Å². The number of nitrogens with one attached hydrogen (secondary N) is 1. The Bertz CT molecular complexity index is 614. The van der Waals surface area contributed by atoms with Gasteiger partial charge in [0.1, 0.15) is 17.3 Å². The van der Waals surface area contributed by atoms with E-state index in [1.807, 2.05) is 0 Å². The van der Waals surface area contributed by atoms with Crippen molar-refractivity contribution in [1.82, 2.24) is 0 Å². The first-order chi connectivity index (χ1) is 8.99.